The van der Waals surface area contributed by atoms with Crippen LogP contribution in [0.4, 0.5) is 11.4 Å². The van der Waals surface area contributed by atoms with Gasteiger partial charge in [0.25, 0.3) is 0 Å². The molecule has 2 aromatic carbocycles. The molecule has 0 spiro atoms. The van der Waals surface area contributed by atoms with Crippen molar-refractivity contribution in [3.8, 4) is 0 Å². The first-order chi connectivity index (χ1) is 14.7. The quantitative estimate of drug-likeness (QED) is 0.551. The van der Waals surface area contributed by atoms with Gasteiger partial charge in [-0.3, -0.25) is 0 Å². The fourth-order valence-electron chi connectivity index (χ4n) is 5.17. The zero-order valence-electron chi connectivity index (χ0n) is 17.5. The van der Waals surface area contributed by atoms with Crippen LogP contribution in [-0.2, 0) is 0 Å². The second kappa shape index (κ2) is 8.02. The van der Waals surface area contributed by atoms with Gasteiger partial charge in [-0.05, 0) is 102 Å². The Morgan fingerprint density at radius 2 is 1.47 bits per heavy atom. The molecule has 2 atom stereocenters. The third-order valence-corrected chi connectivity index (χ3v) is 6.94. The van der Waals surface area contributed by atoms with Crippen molar-refractivity contribution in [1.82, 2.24) is 0 Å². The molecule has 0 heterocycles. The molecule has 0 radical (unpaired) electrons. The average molecular weight is 395 g/mol. The van der Waals surface area contributed by atoms with E-state index in [1.54, 1.807) is 0 Å². The number of rotatable bonds is 2. The topological polar surface area (TPSA) is 52.0 Å². The standard InChI is InChI=1S/C28H30N2/c29-25-13-9-23(10-14-25)27-17-19-1-5-21(27)8-4-20-2-6-22(7-3-19)28(18-20)24-11-15-26(30)16-12-24/h1-2,5,9-16,18-19,22H,3-4,6-8,17,29-30H2/t19-,22+/m0/s1. The first kappa shape index (κ1) is 19.0. The molecule has 2 nitrogen and oxygen atoms in total. The number of hydrogen-bond acceptors (Lipinski definition) is 2. The van der Waals surface area contributed by atoms with E-state index in [1.807, 2.05) is 24.3 Å². The van der Waals surface area contributed by atoms with Gasteiger partial charge < -0.3 is 11.5 Å². The summed E-state index contributed by atoms with van der Waals surface area (Å²) in [6.07, 6.45) is 16.7. The molecule has 4 bridgehead atoms. The molecular formula is C28H30N2. The lowest BCUT2D eigenvalue weighted by molar-refractivity contribution is 0.495. The van der Waals surface area contributed by atoms with Crippen LogP contribution >= 0.6 is 0 Å². The van der Waals surface area contributed by atoms with E-state index in [9.17, 15) is 0 Å². The maximum Gasteiger partial charge on any atom is 0.0314 e. The molecular weight excluding hydrogens is 364 g/mol. The highest BCUT2D eigenvalue weighted by Crippen LogP contribution is 2.42. The Hall–Kier alpha value is -3.00. The molecule has 152 valence electrons. The molecule has 0 aromatic heterocycles. The Morgan fingerprint density at radius 1 is 0.767 bits per heavy atom. The number of hydrogen-bond donors (Lipinski definition) is 2. The Morgan fingerprint density at radius 3 is 2.20 bits per heavy atom. The van der Waals surface area contributed by atoms with Crippen LogP contribution in [-0.4, -0.2) is 0 Å². The summed E-state index contributed by atoms with van der Waals surface area (Å²) < 4.78 is 0. The molecule has 2 aromatic rings. The fourth-order valence-corrected chi connectivity index (χ4v) is 5.17. The van der Waals surface area contributed by atoms with Gasteiger partial charge in [-0.2, -0.15) is 0 Å². The molecule has 2 heteroatoms. The van der Waals surface area contributed by atoms with E-state index in [0.717, 1.165) is 37.1 Å². The largest absolute Gasteiger partial charge is 0.399 e. The minimum Gasteiger partial charge on any atom is -0.399 e. The first-order valence-electron chi connectivity index (χ1n) is 11.2. The van der Waals surface area contributed by atoms with Crippen molar-refractivity contribution in [1.29, 1.82) is 0 Å². The maximum atomic E-state index is 5.93. The van der Waals surface area contributed by atoms with Crippen LogP contribution in [0, 0.1) is 11.8 Å². The summed E-state index contributed by atoms with van der Waals surface area (Å²) in [7, 11) is 0. The second-order valence-corrected chi connectivity index (χ2v) is 8.96. The number of allylic oxidation sites excluding steroid dienone is 8. The predicted octanol–water partition coefficient (Wildman–Crippen LogP) is 6.78. The number of nitrogen functional groups attached to an aromatic ring is 2. The smallest absolute Gasteiger partial charge is 0.0314 e. The number of nitrogens with two attached hydrogens (primary N) is 2. The molecule has 30 heavy (non-hydrogen) atoms. The molecule has 6 aliphatic rings. The van der Waals surface area contributed by atoms with Gasteiger partial charge in [-0.25, -0.2) is 0 Å². The third-order valence-electron chi connectivity index (χ3n) is 6.94. The molecule has 8 rings (SSSR count). The van der Waals surface area contributed by atoms with Crippen molar-refractivity contribution in [2.45, 2.75) is 38.5 Å². The van der Waals surface area contributed by atoms with E-state index in [-0.39, 0.29) is 0 Å². The average Bonchev–Trinajstić information content (AvgIpc) is 2.76. The van der Waals surface area contributed by atoms with E-state index >= 15 is 0 Å². The van der Waals surface area contributed by atoms with Crippen molar-refractivity contribution in [2.75, 3.05) is 11.5 Å². The van der Waals surface area contributed by atoms with Crippen LogP contribution in [0.25, 0.3) is 11.1 Å². The molecule has 0 fully saturated rings. The van der Waals surface area contributed by atoms with Gasteiger partial charge in [0.1, 0.15) is 0 Å². The molecule has 0 saturated carbocycles. The van der Waals surface area contributed by atoms with Crippen LogP contribution in [0.3, 0.4) is 0 Å². The van der Waals surface area contributed by atoms with Gasteiger partial charge in [0.05, 0.1) is 0 Å². The van der Waals surface area contributed by atoms with Crippen molar-refractivity contribution >= 4 is 22.5 Å². The summed E-state index contributed by atoms with van der Waals surface area (Å²) in [6, 6.07) is 16.9. The van der Waals surface area contributed by atoms with E-state index in [0.29, 0.717) is 11.8 Å². The van der Waals surface area contributed by atoms with Crippen LogP contribution in [0.5, 0.6) is 0 Å². The zero-order chi connectivity index (χ0) is 20.5. The Bertz CT molecular complexity index is 1050. The number of anilines is 2. The molecule has 0 amide bonds. The van der Waals surface area contributed by atoms with E-state index < -0.39 is 0 Å². The van der Waals surface area contributed by atoms with Gasteiger partial charge in [-0.15, -0.1) is 0 Å². The normalized spacial score (nSPS) is 23.6. The predicted molar refractivity (Wildman–Crippen MR) is 129 cm³/mol. The number of benzene rings is 2. The monoisotopic (exact) mass is 394 g/mol. The molecule has 4 N–H and O–H groups in total. The lowest BCUT2D eigenvalue weighted by Crippen LogP contribution is -2.13. The van der Waals surface area contributed by atoms with E-state index in [2.05, 4.69) is 48.6 Å². The summed E-state index contributed by atoms with van der Waals surface area (Å²) in [5, 5.41) is 0. The summed E-state index contributed by atoms with van der Waals surface area (Å²) >= 11 is 0. The highest BCUT2D eigenvalue weighted by atomic mass is 14.5. The summed E-state index contributed by atoms with van der Waals surface area (Å²) in [4.78, 5) is 0. The fraction of sp³-hybridized carbons (Fsp3) is 0.286. The second-order valence-electron chi connectivity index (χ2n) is 8.96. The minimum atomic E-state index is 0.593. The van der Waals surface area contributed by atoms with Gasteiger partial charge in [0, 0.05) is 11.4 Å². The molecule has 6 aliphatic carbocycles. The van der Waals surface area contributed by atoms with Crippen molar-refractivity contribution in [3.05, 3.63) is 95.1 Å². The van der Waals surface area contributed by atoms with Crippen LogP contribution < -0.4 is 11.5 Å². The minimum absolute atomic E-state index is 0.593. The van der Waals surface area contributed by atoms with Crippen LogP contribution in [0.1, 0.15) is 49.7 Å². The SMILES string of the molecule is Nc1ccc(C2=CC3=CC[C@@H]2CC[C@@H]2C=CC(=C(c4ccc(N)cc4)C2)CC3)cc1. The van der Waals surface area contributed by atoms with Crippen molar-refractivity contribution in [3.63, 3.8) is 0 Å². The Labute approximate surface area is 179 Å². The zero-order valence-corrected chi connectivity index (χ0v) is 17.5. The highest BCUT2D eigenvalue weighted by molar-refractivity contribution is 5.75. The molecule has 0 aliphatic heterocycles. The Kier molecular flexibility index (Phi) is 5.08. The lowest BCUT2D eigenvalue weighted by atomic mass is 9.75. The van der Waals surface area contributed by atoms with Gasteiger partial charge in [-0.1, -0.05) is 54.1 Å². The molecule has 0 unspecified atom stereocenters. The van der Waals surface area contributed by atoms with E-state index in [4.69, 9.17) is 11.5 Å². The van der Waals surface area contributed by atoms with Gasteiger partial charge in [0.15, 0.2) is 0 Å². The van der Waals surface area contributed by atoms with Crippen LogP contribution in [0.2, 0.25) is 0 Å². The maximum absolute atomic E-state index is 5.93. The highest BCUT2D eigenvalue weighted by Gasteiger charge is 2.24. The van der Waals surface area contributed by atoms with Crippen molar-refractivity contribution < 1.29 is 0 Å². The summed E-state index contributed by atoms with van der Waals surface area (Å²) in [5.41, 5.74) is 22.2. The van der Waals surface area contributed by atoms with Crippen molar-refractivity contribution in [2.24, 2.45) is 11.8 Å². The summed E-state index contributed by atoms with van der Waals surface area (Å²) in [5.74, 6) is 1.20. The Balaban J connectivity index is 1.48. The van der Waals surface area contributed by atoms with Gasteiger partial charge in [0.2, 0.25) is 0 Å². The summed E-state index contributed by atoms with van der Waals surface area (Å²) in [6.45, 7) is 0. The lowest BCUT2D eigenvalue weighted by Gasteiger charge is -2.30. The van der Waals surface area contributed by atoms with E-state index in [1.165, 1.54) is 46.3 Å². The molecule has 0 saturated heterocycles. The first-order valence-corrected chi connectivity index (χ1v) is 11.2. The van der Waals surface area contributed by atoms with Crippen LogP contribution in [0.15, 0.2) is 84.0 Å². The third kappa shape index (κ3) is 3.87. The van der Waals surface area contributed by atoms with Gasteiger partial charge >= 0.3 is 0 Å².